The van der Waals surface area contributed by atoms with Crippen molar-refractivity contribution in [3.05, 3.63) is 77.2 Å². The van der Waals surface area contributed by atoms with Crippen molar-refractivity contribution in [1.29, 1.82) is 0 Å². The van der Waals surface area contributed by atoms with Crippen LogP contribution < -0.4 is 4.72 Å². The SMILES string of the molecule is [O-]/[N+](O)=C1\C=CC(NSc2nc3ccccc3s2)=C2C=CC=CC21. The van der Waals surface area contributed by atoms with E-state index in [1.165, 1.54) is 11.9 Å². The average molecular weight is 355 g/mol. The van der Waals surface area contributed by atoms with Gasteiger partial charge in [0.15, 0.2) is 4.34 Å². The maximum atomic E-state index is 11.3. The van der Waals surface area contributed by atoms with Crippen LogP contribution in [0.2, 0.25) is 0 Å². The van der Waals surface area contributed by atoms with Crippen molar-refractivity contribution in [2.24, 2.45) is 5.92 Å². The Morgan fingerprint density at radius 1 is 1.21 bits per heavy atom. The number of nitrogens with zero attached hydrogens (tertiary/aromatic N) is 2. The minimum atomic E-state index is -0.249. The van der Waals surface area contributed by atoms with Crippen LogP contribution in [-0.2, 0) is 0 Å². The summed E-state index contributed by atoms with van der Waals surface area (Å²) in [6.07, 6.45) is 11.0. The van der Waals surface area contributed by atoms with Gasteiger partial charge in [0.25, 0.3) is 5.71 Å². The van der Waals surface area contributed by atoms with Crippen molar-refractivity contribution in [3.8, 4) is 0 Å². The summed E-state index contributed by atoms with van der Waals surface area (Å²) >= 11 is 3.07. The van der Waals surface area contributed by atoms with Crippen LogP contribution in [0.1, 0.15) is 0 Å². The first-order valence-electron chi connectivity index (χ1n) is 7.31. The molecule has 2 N–H and O–H groups in total. The summed E-state index contributed by atoms with van der Waals surface area (Å²) in [6, 6.07) is 8.02. The number of aromatic nitrogens is 1. The fourth-order valence-electron chi connectivity index (χ4n) is 2.69. The zero-order chi connectivity index (χ0) is 16.5. The van der Waals surface area contributed by atoms with E-state index in [4.69, 9.17) is 0 Å². The second-order valence-electron chi connectivity index (χ2n) is 5.27. The highest BCUT2D eigenvalue weighted by molar-refractivity contribution is 7.99. The number of allylic oxidation sites excluding steroid dienone is 7. The molecule has 4 rings (SSSR count). The van der Waals surface area contributed by atoms with E-state index in [9.17, 15) is 10.4 Å². The number of para-hydroxylation sites is 1. The molecule has 120 valence electrons. The highest BCUT2D eigenvalue weighted by atomic mass is 32.2. The third kappa shape index (κ3) is 2.72. The summed E-state index contributed by atoms with van der Waals surface area (Å²) in [6.45, 7) is 0. The molecule has 2 aliphatic rings. The number of hydrogen-bond donors (Lipinski definition) is 2. The quantitative estimate of drug-likeness (QED) is 0.379. The molecule has 0 aliphatic heterocycles. The normalized spacial score (nSPS) is 21.2. The summed E-state index contributed by atoms with van der Waals surface area (Å²) in [5.41, 5.74) is 3.13. The number of fused-ring (bicyclic) bond motifs is 2. The minimum absolute atomic E-state index is 0.0673. The molecule has 1 aromatic heterocycles. The van der Waals surface area contributed by atoms with E-state index in [0.29, 0.717) is 5.71 Å². The van der Waals surface area contributed by atoms with Crippen molar-refractivity contribution in [1.82, 2.24) is 9.71 Å². The summed E-state index contributed by atoms with van der Waals surface area (Å²) in [7, 11) is 0. The molecule has 0 saturated heterocycles. The fourth-order valence-corrected chi connectivity index (χ4v) is 4.48. The Morgan fingerprint density at radius 3 is 2.92 bits per heavy atom. The van der Waals surface area contributed by atoms with Crippen molar-refractivity contribution in [2.45, 2.75) is 4.34 Å². The molecule has 0 saturated carbocycles. The molecule has 0 radical (unpaired) electrons. The number of benzene rings is 1. The number of rotatable bonds is 3. The standard InChI is InChI=1S/C17H13N3O2S2/c21-20(22)15-10-9-13(11-5-1-2-6-12(11)15)19-24-17-18-14-7-3-4-8-16(14)23-17/h1-10,12,19H,(H,21,22). The second kappa shape index (κ2) is 6.18. The Labute approximate surface area is 146 Å². The smallest absolute Gasteiger partial charge is 0.256 e. The Morgan fingerprint density at radius 2 is 2.08 bits per heavy atom. The van der Waals surface area contributed by atoms with Gasteiger partial charge >= 0.3 is 0 Å². The lowest BCUT2D eigenvalue weighted by molar-refractivity contribution is -0.726. The highest BCUT2D eigenvalue weighted by Gasteiger charge is 2.29. The van der Waals surface area contributed by atoms with Crippen LogP contribution in [0.4, 0.5) is 0 Å². The van der Waals surface area contributed by atoms with Crippen LogP contribution in [-0.4, -0.2) is 20.8 Å². The third-order valence-corrected chi connectivity index (χ3v) is 5.74. The number of hydrogen-bond acceptors (Lipinski definition) is 6. The molecular formula is C17H13N3O2S2. The highest BCUT2D eigenvalue weighted by Crippen LogP contribution is 2.32. The third-order valence-electron chi connectivity index (χ3n) is 3.82. The zero-order valence-electron chi connectivity index (χ0n) is 12.4. The van der Waals surface area contributed by atoms with Crippen molar-refractivity contribution < 1.29 is 10.1 Å². The fraction of sp³-hybridized carbons (Fsp3) is 0.0588. The van der Waals surface area contributed by atoms with Gasteiger partial charge in [0.2, 0.25) is 0 Å². The zero-order valence-corrected chi connectivity index (χ0v) is 14.1. The molecular weight excluding hydrogens is 342 g/mol. The monoisotopic (exact) mass is 355 g/mol. The lowest BCUT2D eigenvalue weighted by atomic mass is 9.85. The Hall–Kier alpha value is -2.51. The molecule has 1 heterocycles. The predicted octanol–water partition coefficient (Wildman–Crippen LogP) is 3.80. The Balaban J connectivity index is 1.60. The van der Waals surface area contributed by atoms with Gasteiger partial charge in [0, 0.05) is 28.6 Å². The summed E-state index contributed by atoms with van der Waals surface area (Å²) in [5, 5.41) is 20.6. The first-order valence-corrected chi connectivity index (χ1v) is 8.94. The van der Waals surface area contributed by atoms with Gasteiger partial charge in [-0.05, 0) is 23.8 Å². The molecule has 24 heavy (non-hydrogen) atoms. The van der Waals surface area contributed by atoms with Gasteiger partial charge in [-0.25, -0.2) is 4.98 Å². The van der Waals surface area contributed by atoms with Crippen LogP contribution in [0.3, 0.4) is 0 Å². The van der Waals surface area contributed by atoms with Crippen LogP contribution in [0.25, 0.3) is 10.2 Å². The molecule has 2 aliphatic carbocycles. The maximum Gasteiger partial charge on any atom is 0.256 e. The largest absolute Gasteiger partial charge is 0.417 e. The van der Waals surface area contributed by atoms with E-state index in [-0.39, 0.29) is 10.8 Å². The van der Waals surface area contributed by atoms with Crippen molar-refractivity contribution in [3.63, 3.8) is 0 Å². The number of thiazole rings is 1. The van der Waals surface area contributed by atoms with Gasteiger partial charge in [0.05, 0.1) is 16.1 Å². The first-order chi connectivity index (χ1) is 11.7. The van der Waals surface area contributed by atoms with Gasteiger partial charge < -0.3 is 9.93 Å². The second-order valence-corrected chi connectivity index (χ2v) is 7.36. The summed E-state index contributed by atoms with van der Waals surface area (Å²) < 4.78 is 5.39. The lowest BCUT2D eigenvalue weighted by Crippen LogP contribution is -2.27. The van der Waals surface area contributed by atoms with Gasteiger partial charge in [-0.1, -0.05) is 36.4 Å². The molecule has 0 fully saturated rings. The topological polar surface area (TPSA) is 71.2 Å². The predicted molar refractivity (Wildman–Crippen MR) is 97.0 cm³/mol. The van der Waals surface area contributed by atoms with Gasteiger partial charge in [-0.3, -0.25) is 5.21 Å². The van der Waals surface area contributed by atoms with E-state index in [2.05, 4.69) is 15.8 Å². The van der Waals surface area contributed by atoms with E-state index < -0.39 is 0 Å². The number of nitrogens with one attached hydrogen (secondary N) is 1. The van der Waals surface area contributed by atoms with Gasteiger partial charge in [0.1, 0.15) is 0 Å². The van der Waals surface area contributed by atoms with Crippen LogP contribution in [0.15, 0.2) is 76.3 Å². The average Bonchev–Trinajstić information content (AvgIpc) is 3.02. The molecule has 2 aromatic rings. The maximum absolute atomic E-state index is 11.3. The lowest BCUT2D eigenvalue weighted by Gasteiger charge is -2.21. The molecule has 5 nitrogen and oxygen atoms in total. The van der Waals surface area contributed by atoms with Crippen LogP contribution in [0.5, 0.6) is 0 Å². The van der Waals surface area contributed by atoms with Crippen molar-refractivity contribution in [2.75, 3.05) is 0 Å². The molecule has 1 aromatic carbocycles. The molecule has 0 amide bonds. The first kappa shape index (κ1) is 15.0. The Bertz CT molecular complexity index is 917. The molecule has 0 bridgehead atoms. The Kier molecular flexibility index (Phi) is 3.87. The molecule has 0 spiro atoms. The summed E-state index contributed by atoms with van der Waals surface area (Å²) in [5.74, 6) is -0.249. The van der Waals surface area contributed by atoms with Crippen LogP contribution >= 0.6 is 23.3 Å². The van der Waals surface area contributed by atoms with E-state index in [0.717, 1.165) is 25.8 Å². The summed E-state index contributed by atoms with van der Waals surface area (Å²) in [4.78, 5) is 4.51. The minimum Gasteiger partial charge on any atom is -0.417 e. The van der Waals surface area contributed by atoms with E-state index >= 15 is 0 Å². The van der Waals surface area contributed by atoms with Gasteiger partial charge in [-0.15, -0.1) is 11.3 Å². The van der Waals surface area contributed by atoms with E-state index in [1.807, 2.05) is 42.5 Å². The van der Waals surface area contributed by atoms with E-state index in [1.54, 1.807) is 23.5 Å². The van der Waals surface area contributed by atoms with Gasteiger partial charge in [-0.2, -0.15) is 0 Å². The van der Waals surface area contributed by atoms with Crippen molar-refractivity contribution >= 4 is 39.2 Å². The van der Waals surface area contributed by atoms with Crippen LogP contribution in [0, 0.1) is 11.1 Å². The molecule has 7 heteroatoms. The molecule has 1 unspecified atom stereocenters. The molecule has 1 atom stereocenters.